The van der Waals surface area contributed by atoms with Gasteiger partial charge in [-0.25, -0.2) is 8.42 Å². The van der Waals surface area contributed by atoms with Gasteiger partial charge in [-0.1, -0.05) is 96.9 Å². The van der Waals surface area contributed by atoms with E-state index in [-0.39, 0.29) is 29.8 Å². The largest absolute Gasteiger partial charge is 0.352 e. The van der Waals surface area contributed by atoms with Crippen LogP contribution < -0.4 is 9.62 Å². The van der Waals surface area contributed by atoms with Gasteiger partial charge in [0, 0.05) is 24.0 Å². The van der Waals surface area contributed by atoms with Gasteiger partial charge in [0.15, 0.2) is 0 Å². The number of carbonyl (C=O) groups excluding carboxylic acids is 2. The Hall–Kier alpha value is -4.14. The van der Waals surface area contributed by atoms with E-state index in [4.69, 9.17) is 11.6 Å². The van der Waals surface area contributed by atoms with Crippen molar-refractivity contribution < 1.29 is 18.0 Å². The topological polar surface area (TPSA) is 86.8 Å². The molecule has 0 fully saturated rings. The Morgan fingerprint density at radius 2 is 1.50 bits per heavy atom. The maximum absolute atomic E-state index is 14.7. The minimum absolute atomic E-state index is 0.00908. The highest BCUT2D eigenvalue weighted by Crippen LogP contribution is 2.30. The number of nitrogens with zero attached hydrogens (tertiary/aromatic N) is 2. The van der Waals surface area contributed by atoms with Crippen LogP contribution in [0.2, 0.25) is 5.02 Å². The number of amides is 2. The summed E-state index contributed by atoms with van der Waals surface area (Å²) in [6.07, 6.45) is 0.935. The fraction of sp³-hybridized carbons (Fsp3) is 0.297. The third kappa shape index (κ3) is 8.36. The van der Waals surface area contributed by atoms with Crippen LogP contribution in [0, 0.1) is 20.8 Å². The van der Waals surface area contributed by atoms with E-state index in [2.05, 4.69) is 5.32 Å². The second-order valence-electron chi connectivity index (χ2n) is 11.7. The van der Waals surface area contributed by atoms with Gasteiger partial charge < -0.3 is 10.2 Å². The molecule has 4 aromatic carbocycles. The van der Waals surface area contributed by atoms with E-state index in [1.807, 2.05) is 77.1 Å². The van der Waals surface area contributed by atoms with Crippen molar-refractivity contribution in [3.63, 3.8) is 0 Å². The van der Waals surface area contributed by atoms with Crippen LogP contribution in [0.4, 0.5) is 5.69 Å². The maximum Gasteiger partial charge on any atom is 0.264 e. The molecule has 0 bridgehead atoms. The van der Waals surface area contributed by atoms with Crippen molar-refractivity contribution >= 4 is 39.1 Å². The lowest BCUT2D eigenvalue weighted by Gasteiger charge is -2.35. The Kier molecular flexibility index (Phi) is 11.7. The van der Waals surface area contributed by atoms with Crippen LogP contribution in [-0.2, 0) is 32.6 Å². The molecule has 7 nitrogen and oxygen atoms in total. The molecule has 0 unspecified atom stereocenters. The average Bonchev–Trinajstić information content (AvgIpc) is 3.04. The fourth-order valence-electron chi connectivity index (χ4n) is 5.16. The maximum atomic E-state index is 14.7. The summed E-state index contributed by atoms with van der Waals surface area (Å²) in [5.74, 6) is -0.852. The molecule has 2 atom stereocenters. The number of benzene rings is 4. The molecule has 9 heteroatoms. The third-order valence-corrected chi connectivity index (χ3v) is 10.4. The van der Waals surface area contributed by atoms with Crippen molar-refractivity contribution in [3.05, 3.63) is 130 Å². The number of rotatable bonds is 13. The summed E-state index contributed by atoms with van der Waals surface area (Å²) < 4.78 is 29.8. The average molecular weight is 660 g/mol. The normalized spacial score (nSPS) is 12.7. The highest BCUT2D eigenvalue weighted by molar-refractivity contribution is 7.92. The van der Waals surface area contributed by atoms with Crippen LogP contribution in [0.1, 0.15) is 48.1 Å². The predicted molar refractivity (Wildman–Crippen MR) is 185 cm³/mol. The van der Waals surface area contributed by atoms with Crippen molar-refractivity contribution in [2.75, 3.05) is 10.8 Å². The molecular formula is C37H42ClN3O4S. The Bertz CT molecular complexity index is 1760. The second-order valence-corrected chi connectivity index (χ2v) is 13.9. The molecule has 2 amide bonds. The Morgan fingerprint density at radius 3 is 2.15 bits per heavy atom. The highest BCUT2D eigenvalue weighted by atomic mass is 35.5. The van der Waals surface area contributed by atoms with Crippen molar-refractivity contribution in [3.8, 4) is 0 Å². The molecule has 0 saturated carbocycles. The van der Waals surface area contributed by atoms with Crippen LogP contribution in [0.5, 0.6) is 0 Å². The van der Waals surface area contributed by atoms with Gasteiger partial charge in [0.2, 0.25) is 11.8 Å². The summed E-state index contributed by atoms with van der Waals surface area (Å²) in [6, 6.07) is 27.5. The molecule has 4 aromatic rings. The Balaban J connectivity index is 1.85. The third-order valence-electron chi connectivity index (χ3n) is 8.30. The van der Waals surface area contributed by atoms with Crippen LogP contribution in [0.15, 0.2) is 102 Å². The van der Waals surface area contributed by atoms with Gasteiger partial charge in [0.25, 0.3) is 10.0 Å². The van der Waals surface area contributed by atoms with E-state index in [1.54, 1.807) is 54.6 Å². The van der Waals surface area contributed by atoms with Gasteiger partial charge in [-0.2, -0.15) is 0 Å². The molecule has 0 heterocycles. The van der Waals surface area contributed by atoms with Crippen LogP contribution in [0.3, 0.4) is 0 Å². The number of hydrogen-bond acceptors (Lipinski definition) is 4. The summed E-state index contributed by atoms with van der Waals surface area (Å²) in [5.41, 5.74) is 4.44. The van der Waals surface area contributed by atoms with E-state index < -0.39 is 28.5 Å². The summed E-state index contributed by atoms with van der Waals surface area (Å²) in [6.45, 7) is 8.99. The molecule has 4 rings (SSSR count). The number of nitrogens with one attached hydrogen (secondary N) is 1. The van der Waals surface area contributed by atoms with Gasteiger partial charge >= 0.3 is 0 Å². The monoisotopic (exact) mass is 659 g/mol. The molecule has 0 radical (unpaired) electrons. The number of anilines is 1. The quantitative estimate of drug-likeness (QED) is 0.167. The lowest BCUT2D eigenvalue weighted by molar-refractivity contribution is -0.140. The molecule has 0 aliphatic carbocycles. The summed E-state index contributed by atoms with van der Waals surface area (Å²) in [7, 11) is -4.19. The van der Waals surface area contributed by atoms with Crippen molar-refractivity contribution in [1.82, 2.24) is 10.2 Å². The van der Waals surface area contributed by atoms with Gasteiger partial charge in [-0.05, 0) is 80.6 Å². The first-order valence-corrected chi connectivity index (χ1v) is 17.3. The van der Waals surface area contributed by atoms with Gasteiger partial charge in [0.05, 0.1) is 10.6 Å². The predicted octanol–water partition coefficient (Wildman–Crippen LogP) is 7.02. The number of aryl methyl sites for hydroxylation is 2. The minimum atomic E-state index is -4.19. The SMILES string of the molecule is CC[C@H](C)NC(=O)[C@H](Cc1ccccc1)N(Cc1ccccc1Cl)C(=O)CN(c1cccc(C)c1C)S(=O)(=O)c1ccc(C)cc1. The molecule has 0 saturated heterocycles. The van der Waals surface area contributed by atoms with E-state index in [0.29, 0.717) is 22.7 Å². The van der Waals surface area contributed by atoms with Crippen LogP contribution >= 0.6 is 11.6 Å². The summed E-state index contributed by atoms with van der Waals surface area (Å²) >= 11 is 6.58. The molecule has 242 valence electrons. The molecule has 1 N–H and O–H groups in total. The Morgan fingerprint density at radius 1 is 0.848 bits per heavy atom. The lowest BCUT2D eigenvalue weighted by Crippen LogP contribution is -2.54. The molecule has 0 aliphatic rings. The van der Waals surface area contributed by atoms with Gasteiger partial charge in [-0.15, -0.1) is 0 Å². The zero-order valence-electron chi connectivity index (χ0n) is 27.0. The summed E-state index contributed by atoms with van der Waals surface area (Å²) in [4.78, 5) is 30.2. The standard InChI is InChI=1S/C37H42ClN3O4S/c1-6-28(4)39-37(43)35(23-30-14-8-7-9-15-30)40(24-31-16-10-11-17-33(31)38)36(42)25-41(34-18-12-13-27(3)29(34)5)46(44,45)32-21-19-26(2)20-22-32/h7-22,28,35H,6,23-25H2,1-5H3,(H,39,43)/t28-,35-/m0/s1. The molecule has 0 aromatic heterocycles. The minimum Gasteiger partial charge on any atom is -0.352 e. The zero-order valence-corrected chi connectivity index (χ0v) is 28.6. The number of halogens is 1. The molecule has 0 aliphatic heterocycles. The first-order chi connectivity index (χ1) is 21.9. The van der Waals surface area contributed by atoms with E-state index >= 15 is 0 Å². The first-order valence-electron chi connectivity index (χ1n) is 15.4. The molecule has 46 heavy (non-hydrogen) atoms. The van der Waals surface area contributed by atoms with Crippen LogP contribution in [-0.4, -0.2) is 43.8 Å². The number of hydrogen-bond donors (Lipinski definition) is 1. The molecule has 0 spiro atoms. The number of carbonyl (C=O) groups is 2. The van der Waals surface area contributed by atoms with Crippen LogP contribution in [0.25, 0.3) is 0 Å². The number of sulfonamides is 1. The fourth-order valence-corrected chi connectivity index (χ4v) is 6.83. The lowest BCUT2D eigenvalue weighted by atomic mass is 10.0. The van der Waals surface area contributed by atoms with E-state index in [9.17, 15) is 18.0 Å². The smallest absolute Gasteiger partial charge is 0.264 e. The van der Waals surface area contributed by atoms with Crippen molar-refractivity contribution in [2.24, 2.45) is 0 Å². The molecular weight excluding hydrogens is 618 g/mol. The summed E-state index contributed by atoms with van der Waals surface area (Å²) in [5, 5.41) is 3.50. The zero-order chi connectivity index (χ0) is 33.4. The van der Waals surface area contributed by atoms with Gasteiger partial charge in [0.1, 0.15) is 12.6 Å². The van der Waals surface area contributed by atoms with Crippen molar-refractivity contribution in [1.29, 1.82) is 0 Å². The first kappa shape index (κ1) is 34.7. The second kappa shape index (κ2) is 15.4. The van der Waals surface area contributed by atoms with E-state index in [1.165, 1.54) is 4.90 Å². The Labute approximate surface area is 278 Å². The van der Waals surface area contributed by atoms with Crippen molar-refractivity contribution in [2.45, 2.75) is 71.0 Å². The van der Waals surface area contributed by atoms with Gasteiger partial charge in [-0.3, -0.25) is 13.9 Å². The highest BCUT2D eigenvalue weighted by Gasteiger charge is 2.35. The van der Waals surface area contributed by atoms with E-state index in [0.717, 1.165) is 26.6 Å².